The zero-order chi connectivity index (χ0) is 19.4. The molecule has 5 heteroatoms. The van der Waals surface area contributed by atoms with Crippen LogP contribution in [0.5, 0.6) is 0 Å². The normalized spacial score (nSPS) is 18.4. The van der Waals surface area contributed by atoms with Crippen LogP contribution in [0, 0.1) is 6.92 Å². The standard InChI is InChI=1S/C22H19Cl2NO2/c1-3-27-19(26)11-9-16-6-4-7-17(14-16)22(12-5-13-25-22)20-18(23)10-8-15(2)21(20)24/h4-14H,3H2,1-2H3. The Morgan fingerprint density at radius 2 is 2.07 bits per heavy atom. The number of aliphatic imine (C=N–C) groups is 1. The van der Waals surface area contributed by atoms with E-state index >= 15 is 0 Å². The van der Waals surface area contributed by atoms with E-state index in [0.29, 0.717) is 16.7 Å². The Kier molecular flexibility index (Phi) is 5.83. The molecule has 0 N–H and O–H groups in total. The van der Waals surface area contributed by atoms with E-state index < -0.39 is 5.54 Å². The van der Waals surface area contributed by atoms with E-state index in [1.807, 2.05) is 55.5 Å². The monoisotopic (exact) mass is 399 g/mol. The van der Waals surface area contributed by atoms with Gasteiger partial charge in [0.15, 0.2) is 0 Å². The SMILES string of the molecule is CCOC(=O)C=Cc1cccc(C2(c3c(Cl)ccc(C)c3Cl)C=CC=N2)c1. The highest BCUT2D eigenvalue weighted by Gasteiger charge is 2.37. The third-order valence-electron chi connectivity index (χ3n) is 4.39. The van der Waals surface area contributed by atoms with E-state index in [2.05, 4.69) is 0 Å². The molecule has 0 radical (unpaired) electrons. The number of esters is 1. The van der Waals surface area contributed by atoms with Crippen LogP contribution < -0.4 is 0 Å². The number of carbonyl (C=O) groups excluding carboxylic acids is 1. The maximum Gasteiger partial charge on any atom is 0.330 e. The minimum Gasteiger partial charge on any atom is -0.463 e. The molecule has 1 aliphatic heterocycles. The summed E-state index contributed by atoms with van der Waals surface area (Å²) in [4.78, 5) is 16.3. The highest BCUT2D eigenvalue weighted by molar-refractivity contribution is 6.36. The van der Waals surface area contributed by atoms with E-state index in [1.165, 1.54) is 6.08 Å². The van der Waals surface area contributed by atoms with Gasteiger partial charge in [-0.25, -0.2) is 4.79 Å². The third kappa shape index (κ3) is 3.85. The fourth-order valence-electron chi connectivity index (χ4n) is 3.09. The Hall–Kier alpha value is -2.36. The first-order valence-corrected chi connectivity index (χ1v) is 9.37. The Morgan fingerprint density at radius 1 is 1.26 bits per heavy atom. The molecule has 138 valence electrons. The van der Waals surface area contributed by atoms with Crippen LogP contribution in [0.25, 0.3) is 6.08 Å². The highest BCUT2D eigenvalue weighted by Crippen LogP contribution is 2.45. The molecule has 0 spiro atoms. The Labute approximate surface area is 169 Å². The molecule has 0 aromatic heterocycles. The molecule has 0 aliphatic carbocycles. The Bertz CT molecular complexity index is 949. The van der Waals surface area contributed by atoms with Gasteiger partial charge in [-0.1, -0.05) is 47.5 Å². The van der Waals surface area contributed by atoms with Gasteiger partial charge in [-0.05, 0) is 60.9 Å². The van der Waals surface area contributed by atoms with Crippen molar-refractivity contribution in [2.75, 3.05) is 6.61 Å². The molecule has 1 aliphatic rings. The summed E-state index contributed by atoms with van der Waals surface area (Å²) in [5.41, 5.74) is 2.66. The molecule has 27 heavy (non-hydrogen) atoms. The van der Waals surface area contributed by atoms with E-state index in [9.17, 15) is 4.79 Å². The molecule has 3 nitrogen and oxygen atoms in total. The fraction of sp³-hybridized carbons (Fsp3) is 0.182. The minimum absolute atomic E-state index is 0.343. The summed E-state index contributed by atoms with van der Waals surface area (Å²) in [5, 5.41) is 1.15. The molecular weight excluding hydrogens is 381 g/mol. The molecule has 3 rings (SSSR count). The summed E-state index contributed by atoms with van der Waals surface area (Å²) in [6.45, 7) is 4.06. The minimum atomic E-state index is -0.798. The van der Waals surface area contributed by atoms with Crippen molar-refractivity contribution in [2.45, 2.75) is 19.4 Å². The van der Waals surface area contributed by atoms with Crippen LogP contribution in [0.3, 0.4) is 0 Å². The lowest BCUT2D eigenvalue weighted by Gasteiger charge is -2.28. The zero-order valence-electron chi connectivity index (χ0n) is 15.1. The van der Waals surface area contributed by atoms with Crippen LogP contribution in [0.15, 0.2) is 59.6 Å². The smallest absolute Gasteiger partial charge is 0.330 e. The van der Waals surface area contributed by atoms with Crippen LogP contribution in [0.2, 0.25) is 10.0 Å². The molecule has 0 amide bonds. The summed E-state index contributed by atoms with van der Waals surface area (Å²) in [6, 6.07) is 11.5. The van der Waals surface area contributed by atoms with Crippen molar-refractivity contribution in [1.29, 1.82) is 0 Å². The molecule has 0 fully saturated rings. The first-order valence-electron chi connectivity index (χ1n) is 8.61. The largest absolute Gasteiger partial charge is 0.463 e. The molecule has 1 unspecified atom stereocenters. The van der Waals surface area contributed by atoms with Crippen molar-refractivity contribution >= 4 is 41.5 Å². The molecule has 0 bridgehead atoms. The van der Waals surface area contributed by atoms with Crippen molar-refractivity contribution in [3.05, 3.63) is 86.9 Å². The number of rotatable bonds is 5. The molecule has 2 aromatic carbocycles. The zero-order valence-corrected chi connectivity index (χ0v) is 16.6. The van der Waals surface area contributed by atoms with Gasteiger partial charge in [0.05, 0.1) is 11.6 Å². The van der Waals surface area contributed by atoms with Gasteiger partial charge in [-0.3, -0.25) is 4.99 Å². The van der Waals surface area contributed by atoms with Crippen molar-refractivity contribution in [1.82, 2.24) is 0 Å². The first-order chi connectivity index (χ1) is 13.0. The van der Waals surface area contributed by atoms with Gasteiger partial charge in [0.2, 0.25) is 0 Å². The summed E-state index contributed by atoms with van der Waals surface area (Å²) in [7, 11) is 0. The first kappa shape index (κ1) is 19.4. The average molecular weight is 400 g/mol. The van der Waals surface area contributed by atoms with E-state index in [4.69, 9.17) is 32.9 Å². The lowest BCUT2D eigenvalue weighted by Crippen LogP contribution is -2.22. The van der Waals surface area contributed by atoms with E-state index in [-0.39, 0.29) is 5.97 Å². The third-order valence-corrected chi connectivity index (χ3v) is 5.19. The maximum atomic E-state index is 11.6. The molecule has 1 heterocycles. The number of carbonyl (C=O) groups is 1. The van der Waals surface area contributed by atoms with Gasteiger partial charge in [0.1, 0.15) is 5.54 Å². The van der Waals surface area contributed by atoms with Gasteiger partial charge in [0.25, 0.3) is 0 Å². The average Bonchev–Trinajstić information content (AvgIpc) is 3.15. The second-order valence-corrected chi connectivity index (χ2v) is 6.95. The van der Waals surface area contributed by atoms with Crippen LogP contribution in [0.1, 0.15) is 29.2 Å². The van der Waals surface area contributed by atoms with Gasteiger partial charge >= 0.3 is 5.97 Å². The van der Waals surface area contributed by atoms with Gasteiger partial charge in [-0.2, -0.15) is 0 Å². The molecule has 2 aromatic rings. The number of nitrogens with zero attached hydrogens (tertiary/aromatic N) is 1. The van der Waals surface area contributed by atoms with Crippen LogP contribution in [0.4, 0.5) is 0 Å². The van der Waals surface area contributed by atoms with Crippen LogP contribution in [-0.4, -0.2) is 18.8 Å². The topological polar surface area (TPSA) is 38.7 Å². The number of halogens is 2. The lowest BCUT2D eigenvalue weighted by molar-refractivity contribution is -0.137. The number of aryl methyl sites for hydroxylation is 1. The number of hydrogen-bond acceptors (Lipinski definition) is 3. The van der Waals surface area contributed by atoms with Gasteiger partial charge in [0, 0.05) is 22.9 Å². The van der Waals surface area contributed by atoms with Crippen LogP contribution >= 0.6 is 23.2 Å². The van der Waals surface area contributed by atoms with Crippen molar-refractivity contribution in [2.24, 2.45) is 4.99 Å². The van der Waals surface area contributed by atoms with Gasteiger partial charge in [-0.15, -0.1) is 0 Å². The molecule has 1 atom stereocenters. The Morgan fingerprint density at radius 3 is 2.78 bits per heavy atom. The van der Waals surface area contributed by atoms with Gasteiger partial charge < -0.3 is 4.74 Å². The number of hydrogen-bond donors (Lipinski definition) is 0. The summed E-state index contributed by atoms with van der Waals surface area (Å²) in [5.74, 6) is -0.374. The van der Waals surface area contributed by atoms with E-state index in [1.54, 1.807) is 19.2 Å². The quantitative estimate of drug-likeness (QED) is 0.473. The predicted molar refractivity (Wildman–Crippen MR) is 112 cm³/mol. The van der Waals surface area contributed by atoms with Crippen LogP contribution in [-0.2, 0) is 15.1 Å². The second kappa shape index (κ2) is 8.12. The highest BCUT2D eigenvalue weighted by atomic mass is 35.5. The molecule has 0 saturated heterocycles. The van der Waals surface area contributed by atoms with Crippen molar-refractivity contribution < 1.29 is 9.53 Å². The summed E-state index contributed by atoms with van der Waals surface area (Å²) >= 11 is 13.2. The lowest BCUT2D eigenvalue weighted by atomic mass is 9.82. The summed E-state index contributed by atoms with van der Waals surface area (Å²) in [6.07, 6.45) is 8.74. The Balaban J connectivity index is 2.09. The van der Waals surface area contributed by atoms with E-state index in [0.717, 1.165) is 22.3 Å². The molecule has 0 saturated carbocycles. The van der Waals surface area contributed by atoms with Crippen molar-refractivity contribution in [3.8, 4) is 0 Å². The maximum absolute atomic E-state index is 11.6. The fourth-order valence-corrected chi connectivity index (χ4v) is 3.75. The van der Waals surface area contributed by atoms with Crippen molar-refractivity contribution in [3.63, 3.8) is 0 Å². The summed E-state index contributed by atoms with van der Waals surface area (Å²) < 4.78 is 4.93. The molecular formula is C22H19Cl2NO2. The predicted octanol–water partition coefficient (Wildman–Crippen LogP) is 5.76. The number of ether oxygens (including phenoxy) is 1. The second-order valence-electron chi connectivity index (χ2n) is 6.17. The number of benzene rings is 2. The number of allylic oxidation sites excluding steroid dienone is 1.